The van der Waals surface area contributed by atoms with E-state index in [1.807, 2.05) is 0 Å². The summed E-state index contributed by atoms with van der Waals surface area (Å²) >= 11 is 0. The van der Waals surface area contributed by atoms with Gasteiger partial charge in [0.25, 0.3) is 11.8 Å². The van der Waals surface area contributed by atoms with Gasteiger partial charge < -0.3 is 20.5 Å². The molecular formula is C17H17F2N3O4. The third-order valence-corrected chi connectivity index (χ3v) is 4.26. The second-order valence-corrected chi connectivity index (χ2v) is 6.04. The molecule has 2 aromatic rings. The lowest BCUT2D eigenvalue weighted by Gasteiger charge is -2.14. The number of primary amides is 1. The average molecular weight is 365 g/mol. The van der Waals surface area contributed by atoms with Crippen LogP contribution in [0.4, 0.5) is 8.78 Å². The van der Waals surface area contributed by atoms with Gasteiger partial charge in [0.15, 0.2) is 0 Å². The summed E-state index contributed by atoms with van der Waals surface area (Å²) < 4.78 is 37.5. The first-order valence-electron chi connectivity index (χ1n) is 7.83. The number of hydrogen-bond donors (Lipinski definition) is 2. The van der Waals surface area contributed by atoms with Gasteiger partial charge >= 0.3 is 0 Å². The number of nitrogens with two attached hydrogens (primary N) is 1. The number of fused-ring (bicyclic) bond motifs is 1. The van der Waals surface area contributed by atoms with Crippen LogP contribution in [0.1, 0.15) is 16.8 Å². The fraction of sp³-hybridized carbons (Fsp3) is 0.353. The van der Waals surface area contributed by atoms with Crippen LogP contribution < -0.4 is 20.5 Å². The number of nitrogens with one attached hydrogen (secondary N) is 1. The van der Waals surface area contributed by atoms with Crippen molar-refractivity contribution in [3.63, 3.8) is 0 Å². The Morgan fingerprint density at radius 3 is 2.88 bits per heavy atom. The van der Waals surface area contributed by atoms with Gasteiger partial charge in [-0.25, -0.2) is 13.8 Å². The summed E-state index contributed by atoms with van der Waals surface area (Å²) in [6.07, 6.45) is 1.16. The summed E-state index contributed by atoms with van der Waals surface area (Å²) in [6.45, 7) is -1.46. The van der Waals surface area contributed by atoms with Gasteiger partial charge in [-0.2, -0.15) is 0 Å². The predicted octanol–water partition coefficient (Wildman–Crippen LogP) is 1.29. The van der Waals surface area contributed by atoms with Crippen LogP contribution in [0.5, 0.6) is 11.6 Å². The number of hydrogen-bond acceptors (Lipinski definition) is 5. The van der Waals surface area contributed by atoms with E-state index in [-0.39, 0.29) is 30.2 Å². The van der Waals surface area contributed by atoms with Crippen LogP contribution in [-0.4, -0.2) is 48.9 Å². The molecule has 0 spiro atoms. The quantitative estimate of drug-likeness (QED) is 0.803. The van der Waals surface area contributed by atoms with Crippen LogP contribution >= 0.6 is 0 Å². The van der Waals surface area contributed by atoms with Crippen LogP contribution in [0, 0.1) is 0 Å². The molecule has 2 atom stereocenters. The number of alkyl halides is 2. The molecule has 26 heavy (non-hydrogen) atoms. The van der Waals surface area contributed by atoms with Crippen LogP contribution in [0.2, 0.25) is 0 Å². The smallest absolute Gasteiger partial charge is 0.260 e. The van der Waals surface area contributed by atoms with Gasteiger partial charge in [-0.05, 0) is 23.6 Å². The largest absolute Gasteiger partial charge is 0.496 e. The van der Waals surface area contributed by atoms with Crippen LogP contribution in [-0.2, 0) is 4.79 Å². The number of carbonyl (C=O) groups is 2. The highest BCUT2D eigenvalue weighted by Crippen LogP contribution is 2.31. The molecule has 7 nitrogen and oxygen atoms in total. The summed E-state index contributed by atoms with van der Waals surface area (Å²) in [5, 5.41) is 3.56. The molecular weight excluding hydrogens is 348 g/mol. The zero-order valence-corrected chi connectivity index (χ0v) is 13.9. The highest BCUT2D eigenvalue weighted by atomic mass is 19.2. The molecule has 9 heteroatoms. The Balaban J connectivity index is 1.85. The minimum absolute atomic E-state index is 0.0800. The number of methoxy groups -OCH3 is 1. The number of halogens is 2. The number of pyridine rings is 1. The molecule has 3 rings (SSSR count). The van der Waals surface area contributed by atoms with Gasteiger partial charge in [0.05, 0.1) is 18.7 Å². The van der Waals surface area contributed by atoms with Gasteiger partial charge in [0.1, 0.15) is 19.0 Å². The maximum absolute atomic E-state index is 14.0. The monoisotopic (exact) mass is 365 g/mol. The first kappa shape index (κ1) is 17.8. The second-order valence-electron chi connectivity index (χ2n) is 6.04. The SMILES string of the molecule is COc1cc2c(OC[C@@H]3C[C@@](F)(CF)C(=O)N3)nccc2cc1C(N)=O. The first-order chi connectivity index (χ1) is 12.4. The third kappa shape index (κ3) is 3.12. The van der Waals surface area contributed by atoms with Gasteiger partial charge in [-0.3, -0.25) is 9.59 Å². The molecule has 1 saturated heterocycles. The van der Waals surface area contributed by atoms with Gasteiger partial charge in [-0.15, -0.1) is 0 Å². The molecule has 1 aliphatic heterocycles. The molecule has 0 bridgehead atoms. The number of benzene rings is 1. The molecule has 2 heterocycles. The van der Waals surface area contributed by atoms with Crippen molar-refractivity contribution in [2.75, 3.05) is 20.4 Å². The molecule has 0 unspecified atom stereocenters. The molecule has 0 aliphatic carbocycles. The first-order valence-corrected chi connectivity index (χ1v) is 7.83. The molecule has 1 aliphatic rings. The molecule has 138 valence electrons. The van der Waals surface area contributed by atoms with Crippen molar-refractivity contribution < 1.29 is 27.8 Å². The Morgan fingerprint density at radius 1 is 1.50 bits per heavy atom. The van der Waals surface area contributed by atoms with Crippen molar-refractivity contribution in [2.45, 2.75) is 18.1 Å². The maximum Gasteiger partial charge on any atom is 0.260 e. The molecule has 1 aromatic carbocycles. The Bertz CT molecular complexity index is 876. The molecule has 0 saturated carbocycles. The minimum Gasteiger partial charge on any atom is -0.496 e. The van der Waals surface area contributed by atoms with Crippen LogP contribution in [0.15, 0.2) is 24.4 Å². The fourth-order valence-corrected chi connectivity index (χ4v) is 2.90. The van der Waals surface area contributed by atoms with E-state index in [9.17, 15) is 18.4 Å². The van der Waals surface area contributed by atoms with E-state index in [2.05, 4.69) is 10.3 Å². The summed E-state index contributed by atoms with van der Waals surface area (Å²) in [5.74, 6) is -1.14. The van der Waals surface area contributed by atoms with Crippen LogP contribution in [0.25, 0.3) is 10.8 Å². The number of amides is 2. The van der Waals surface area contributed by atoms with E-state index in [1.165, 1.54) is 13.3 Å². The van der Waals surface area contributed by atoms with Crippen molar-refractivity contribution >= 4 is 22.6 Å². The van der Waals surface area contributed by atoms with E-state index in [1.54, 1.807) is 18.2 Å². The molecule has 1 aromatic heterocycles. The van der Waals surface area contributed by atoms with Gasteiger partial charge in [-0.1, -0.05) is 0 Å². The highest BCUT2D eigenvalue weighted by Gasteiger charge is 2.48. The molecule has 3 N–H and O–H groups in total. The van der Waals surface area contributed by atoms with E-state index < -0.39 is 30.2 Å². The summed E-state index contributed by atoms with van der Waals surface area (Å²) in [4.78, 5) is 27.1. The molecule has 2 amide bonds. The maximum atomic E-state index is 14.0. The Hall–Kier alpha value is -2.97. The zero-order valence-electron chi connectivity index (χ0n) is 13.9. The second kappa shape index (κ2) is 6.74. The highest BCUT2D eigenvalue weighted by molar-refractivity contribution is 6.01. The van der Waals surface area contributed by atoms with Crippen molar-refractivity contribution in [3.8, 4) is 11.6 Å². The van der Waals surface area contributed by atoms with Gasteiger partial charge in [0.2, 0.25) is 11.5 Å². The Kier molecular flexibility index (Phi) is 4.62. The van der Waals surface area contributed by atoms with Crippen molar-refractivity contribution in [3.05, 3.63) is 30.0 Å². The number of nitrogens with zero attached hydrogens (tertiary/aromatic N) is 1. The molecule has 1 fully saturated rings. The Morgan fingerprint density at radius 2 is 2.27 bits per heavy atom. The summed E-state index contributed by atoms with van der Waals surface area (Å²) in [6, 6.07) is 4.11. The summed E-state index contributed by atoms with van der Waals surface area (Å²) in [7, 11) is 1.40. The fourth-order valence-electron chi connectivity index (χ4n) is 2.90. The van der Waals surface area contributed by atoms with E-state index in [0.29, 0.717) is 10.8 Å². The number of carbonyl (C=O) groups excluding carboxylic acids is 2. The topological polar surface area (TPSA) is 104 Å². The number of rotatable bonds is 6. The number of ether oxygens (including phenoxy) is 2. The lowest BCUT2D eigenvalue weighted by atomic mass is 10.0. The van der Waals surface area contributed by atoms with Crippen molar-refractivity contribution in [2.24, 2.45) is 5.73 Å². The minimum atomic E-state index is -2.51. The van der Waals surface area contributed by atoms with E-state index in [4.69, 9.17) is 15.2 Å². The van der Waals surface area contributed by atoms with Crippen LogP contribution in [0.3, 0.4) is 0 Å². The van der Waals surface area contributed by atoms with Crippen molar-refractivity contribution in [1.29, 1.82) is 0 Å². The zero-order chi connectivity index (χ0) is 18.9. The lowest BCUT2D eigenvalue weighted by Crippen LogP contribution is -2.36. The average Bonchev–Trinajstić information content (AvgIpc) is 2.93. The summed E-state index contributed by atoms with van der Waals surface area (Å²) in [5.41, 5.74) is 3.04. The lowest BCUT2D eigenvalue weighted by molar-refractivity contribution is -0.130. The molecule has 0 radical (unpaired) electrons. The Labute approximate surface area is 147 Å². The van der Waals surface area contributed by atoms with E-state index >= 15 is 0 Å². The van der Waals surface area contributed by atoms with Crippen molar-refractivity contribution in [1.82, 2.24) is 10.3 Å². The predicted molar refractivity (Wildman–Crippen MR) is 88.7 cm³/mol. The normalized spacial score (nSPS) is 22.3. The van der Waals surface area contributed by atoms with E-state index in [0.717, 1.165) is 0 Å². The number of aromatic nitrogens is 1. The standard InChI is InChI=1S/C17H17F2N3O4/c1-25-13-5-11-9(4-12(13)14(20)23)2-3-21-15(11)26-7-10-6-17(19,8-18)16(24)22-10/h2-5,10H,6-8H2,1H3,(H2,20,23)(H,22,24)/t10-,17+/m0/s1. The van der Waals surface area contributed by atoms with Gasteiger partial charge in [0, 0.05) is 18.0 Å². The third-order valence-electron chi connectivity index (χ3n) is 4.26.